The van der Waals surface area contributed by atoms with Gasteiger partial charge in [0.15, 0.2) is 0 Å². The molecule has 0 aliphatic rings. The summed E-state index contributed by atoms with van der Waals surface area (Å²) >= 11 is 3.36. The van der Waals surface area contributed by atoms with Crippen molar-refractivity contribution in [2.45, 2.75) is 11.9 Å². The number of alkyl halides is 1. The fourth-order valence-corrected chi connectivity index (χ4v) is 2.16. The summed E-state index contributed by atoms with van der Waals surface area (Å²) in [4.78, 5) is 0. The van der Waals surface area contributed by atoms with Gasteiger partial charge in [-0.05, 0) is 18.2 Å². The van der Waals surface area contributed by atoms with E-state index in [9.17, 15) is 8.78 Å². The van der Waals surface area contributed by atoms with Crippen LogP contribution in [0.3, 0.4) is 0 Å². The molecule has 5 heteroatoms. The molecular weight excluding hydrogens is 330 g/mol. The van der Waals surface area contributed by atoms with Crippen LogP contribution in [0.2, 0.25) is 0 Å². The number of halogens is 3. The third kappa shape index (κ3) is 3.48. The van der Waals surface area contributed by atoms with Crippen LogP contribution in [-0.2, 0) is 11.9 Å². The highest BCUT2D eigenvalue weighted by Crippen LogP contribution is 2.27. The van der Waals surface area contributed by atoms with Crippen LogP contribution in [0.4, 0.5) is 8.78 Å². The van der Waals surface area contributed by atoms with E-state index in [1.165, 1.54) is 12.1 Å². The molecule has 2 nitrogen and oxygen atoms in total. The fourth-order valence-electron chi connectivity index (χ4n) is 1.70. The van der Waals surface area contributed by atoms with Crippen molar-refractivity contribution in [2.75, 3.05) is 7.11 Å². The summed E-state index contributed by atoms with van der Waals surface area (Å²) in [6.45, 7) is 0.0271. The monoisotopic (exact) mass is 342 g/mol. The van der Waals surface area contributed by atoms with Crippen LogP contribution >= 0.6 is 15.9 Å². The second-order valence-corrected chi connectivity index (χ2v) is 4.69. The van der Waals surface area contributed by atoms with E-state index in [0.717, 1.165) is 11.6 Å². The Morgan fingerprint density at radius 1 is 1.05 bits per heavy atom. The van der Waals surface area contributed by atoms with Crippen molar-refractivity contribution < 1.29 is 18.3 Å². The Morgan fingerprint density at radius 3 is 2.45 bits per heavy atom. The molecule has 0 aliphatic heterocycles. The molecule has 0 radical (unpaired) electrons. The predicted molar refractivity (Wildman–Crippen MR) is 76.3 cm³/mol. The quantitative estimate of drug-likeness (QED) is 0.747. The Hall–Kier alpha value is -1.62. The molecule has 0 amide bonds. The van der Waals surface area contributed by atoms with Gasteiger partial charge in [0.1, 0.15) is 29.7 Å². The average Bonchev–Trinajstić information content (AvgIpc) is 2.46. The smallest absolute Gasteiger partial charge is 0.132 e. The zero-order chi connectivity index (χ0) is 14.5. The number of methoxy groups -OCH3 is 1. The summed E-state index contributed by atoms with van der Waals surface area (Å²) < 4.78 is 37.1. The van der Waals surface area contributed by atoms with Crippen molar-refractivity contribution in [3.05, 3.63) is 59.2 Å². The van der Waals surface area contributed by atoms with Gasteiger partial charge in [-0.1, -0.05) is 22.0 Å². The van der Waals surface area contributed by atoms with Crippen LogP contribution in [0.1, 0.15) is 11.1 Å². The first-order valence-corrected chi connectivity index (χ1v) is 7.06. The van der Waals surface area contributed by atoms with E-state index in [1.807, 2.05) is 12.1 Å². The molecule has 0 fully saturated rings. The highest BCUT2D eigenvalue weighted by atomic mass is 79.9. The minimum atomic E-state index is -0.617. The minimum absolute atomic E-state index is 0.0271. The Morgan fingerprint density at radius 2 is 1.80 bits per heavy atom. The maximum Gasteiger partial charge on any atom is 0.132 e. The molecule has 0 saturated carbocycles. The van der Waals surface area contributed by atoms with Gasteiger partial charge in [-0.3, -0.25) is 0 Å². The van der Waals surface area contributed by atoms with Crippen molar-refractivity contribution in [1.29, 1.82) is 0 Å². The normalized spacial score (nSPS) is 10.4. The molecule has 0 spiro atoms. The SMILES string of the molecule is COc1ccc(CBr)c(OCc2ccc(F)cc2F)c1. The first-order chi connectivity index (χ1) is 9.63. The van der Waals surface area contributed by atoms with Gasteiger partial charge in [0.05, 0.1) is 7.11 Å². The van der Waals surface area contributed by atoms with Gasteiger partial charge in [-0.2, -0.15) is 0 Å². The lowest BCUT2D eigenvalue weighted by Crippen LogP contribution is -2.01. The van der Waals surface area contributed by atoms with Crippen LogP contribution in [0.15, 0.2) is 36.4 Å². The van der Waals surface area contributed by atoms with Crippen molar-refractivity contribution >= 4 is 15.9 Å². The summed E-state index contributed by atoms with van der Waals surface area (Å²) in [6.07, 6.45) is 0. The van der Waals surface area contributed by atoms with Gasteiger partial charge in [0.25, 0.3) is 0 Å². The van der Waals surface area contributed by atoms with E-state index in [0.29, 0.717) is 22.4 Å². The third-order valence-electron chi connectivity index (χ3n) is 2.82. The van der Waals surface area contributed by atoms with Gasteiger partial charge in [0.2, 0.25) is 0 Å². The molecule has 20 heavy (non-hydrogen) atoms. The molecule has 2 aromatic rings. The zero-order valence-electron chi connectivity index (χ0n) is 10.8. The Balaban J connectivity index is 2.17. The van der Waals surface area contributed by atoms with Gasteiger partial charge < -0.3 is 9.47 Å². The number of hydrogen-bond acceptors (Lipinski definition) is 2. The van der Waals surface area contributed by atoms with Crippen molar-refractivity contribution in [1.82, 2.24) is 0 Å². The molecule has 0 N–H and O–H groups in total. The first kappa shape index (κ1) is 14.8. The summed E-state index contributed by atoms with van der Waals surface area (Å²) in [5.41, 5.74) is 1.23. The average molecular weight is 343 g/mol. The lowest BCUT2D eigenvalue weighted by atomic mass is 10.2. The van der Waals surface area contributed by atoms with Crippen molar-refractivity contribution in [2.24, 2.45) is 0 Å². The summed E-state index contributed by atoms with van der Waals surface area (Å²) in [7, 11) is 1.56. The van der Waals surface area contributed by atoms with Gasteiger partial charge in [0, 0.05) is 28.6 Å². The lowest BCUT2D eigenvalue weighted by molar-refractivity contribution is 0.295. The van der Waals surface area contributed by atoms with Crippen LogP contribution in [0.5, 0.6) is 11.5 Å². The van der Waals surface area contributed by atoms with E-state index in [1.54, 1.807) is 13.2 Å². The van der Waals surface area contributed by atoms with E-state index in [4.69, 9.17) is 9.47 Å². The highest BCUT2D eigenvalue weighted by Gasteiger charge is 2.08. The maximum absolute atomic E-state index is 13.5. The highest BCUT2D eigenvalue weighted by molar-refractivity contribution is 9.08. The van der Waals surface area contributed by atoms with Crippen molar-refractivity contribution in [3.8, 4) is 11.5 Å². The van der Waals surface area contributed by atoms with E-state index in [2.05, 4.69) is 15.9 Å². The summed E-state index contributed by atoms with van der Waals surface area (Å²) in [5, 5.41) is 0.609. The van der Waals surface area contributed by atoms with Crippen LogP contribution < -0.4 is 9.47 Å². The topological polar surface area (TPSA) is 18.5 Å². The number of benzene rings is 2. The van der Waals surface area contributed by atoms with Gasteiger partial charge in [-0.15, -0.1) is 0 Å². The standard InChI is InChI=1S/C15H13BrF2O2/c1-19-13-5-3-10(8-16)15(7-13)20-9-11-2-4-12(17)6-14(11)18/h2-7H,8-9H2,1H3. The number of hydrogen-bond donors (Lipinski definition) is 0. The van der Waals surface area contributed by atoms with E-state index < -0.39 is 11.6 Å². The zero-order valence-corrected chi connectivity index (χ0v) is 12.4. The summed E-state index contributed by atoms with van der Waals surface area (Å²) in [5.74, 6) is 0.0382. The molecule has 2 aromatic carbocycles. The molecule has 0 unspecified atom stereocenters. The Kier molecular flexibility index (Phi) is 4.95. The van der Waals surface area contributed by atoms with Crippen LogP contribution in [0.25, 0.3) is 0 Å². The largest absolute Gasteiger partial charge is 0.497 e. The second kappa shape index (κ2) is 6.70. The maximum atomic E-state index is 13.5. The van der Waals surface area contributed by atoms with Crippen LogP contribution in [0, 0.1) is 11.6 Å². The number of rotatable bonds is 5. The first-order valence-electron chi connectivity index (χ1n) is 5.93. The molecule has 0 saturated heterocycles. The predicted octanol–water partition coefficient (Wildman–Crippen LogP) is 4.45. The minimum Gasteiger partial charge on any atom is -0.497 e. The van der Waals surface area contributed by atoms with Gasteiger partial charge >= 0.3 is 0 Å². The summed E-state index contributed by atoms with van der Waals surface area (Å²) in [6, 6.07) is 8.84. The van der Waals surface area contributed by atoms with E-state index in [-0.39, 0.29) is 6.61 Å². The van der Waals surface area contributed by atoms with Crippen molar-refractivity contribution in [3.63, 3.8) is 0 Å². The fraction of sp³-hybridized carbons (Fsp3) is 0.200. The molecule has 0 atom stereocenters. The third-order valence-corrected chi connectivity index (χ3v) is 3.42. The molecular formula is C15H13BrF2O2. The lowest BCUT2D eigenvalue weighted by Gasteiger charge is -2.12. The van der Waals surface area contributed by atoms with Crippen LogP contribution in [-0.4, -0.2) is 7.11 Å². The molecule has 0 bridgehead atoms. The van der Waals surface area contributed by atoms with Gasteiger partial charge in [-0.25, -0.2) is 8.78 Å². The molecule has 0 heterocycles. The Bertz CT molecular complexity index is 602. The second-order valence-electron chi connectivity index (χ2n) is 4.13. The number of ether oxygens (including phenoxy) is 2. The molecule has 106 valence electrons. The molecule has 2 rings (SSSR count). The Labute approximate surface area is 124 Å². The molecule has 0 aliphatic carbocycles. The molecule has 0 aromatic heterocycles. The van der Waals surface area contributed by atoms with E-state index >= 15 is 0 Å².